The third-order valence-corrected chi connectivity index (χ3v) is 7.54. The molecule has 1 aliphatic carbocycles. The number of nitrogens with zero attached hydrogens (tertiary/aromatic N) is 1. The van der Waals surface area contributed by atoms with E-state index < -0.39 is 18.5 Å². The van der Waals surface area contributed by atoms with Gasteiger partial charge in [-0.05, 0) is 67.0 Å². The molecule has 7 heteroatoms. The second kappa shape index (κ2) is 11.0. The Morgan fingerprint density at radius 1 is 0.895 bits per heavy atom. The van der Waals surface area contributed by atoms with Gasteiger partial charge in [-0.15, -0.1) is 0 Å². The molecule has 0 radical (unpaired) electrons. The van der Waals surface area contributed by atoms with E-state index in [1.807, 2.05) is 43.3 Å². The first kappa shape index (κ1) is 25.4. The van der Waals surface area contributed by atoms with E-state index in [1.54, 1.807) is 24.3 Å². The van der Waals surface area contributed by atoms with Gasteiger partial charge in [0.15, 0.2) is 6.61 Å². The Balaban J connectivity index is 1.24. The maximum absolute atomic E-state index is 13.4. The lowest BCUT2D eigenvalue weighted by Crippen LogP contribution is -2.31. The second-order valence-electron chi connectivity index (χ2n) is 9.83. The van der Waals surface area contributed by atoms with Gasteiger partial charge >= 0.3 is 5.97 Å². The quantitative estimate of drug-likeness (QED) is 0.352. The molecule has 3 atom stereocenters. The maximum atomic E-state index is 13.4. The summed E-state index contributed by atoms with van der Waals surface area (Å²) in [6.45, 7) is 1.54. The van der Waals surface area contributed by atoms with E-state index in [1.165, 1.54) is 16.5 Å². The zero-order chi connectivity index (χ0) is 26.6. The SMILES string of the molecule is CCc1ccccc1NC(=O)COC(=O)c1cccc(N2C(=O)[C@H]3C[C@@H](c4ccccc4)CC[C@H]3C2=O)c1. The summed E-state index contributed by atoms with van der Waals surface area (Å²) in [5, 5.41) is 2.77. The number of benzene rings is 3. The molecule has 5 rings (SSSR count). The molecule has 3 amide bonds. The smallest absolute Gasteiger partial charge is 0.338 e. The van der Waals surface area contributed by atoms with Crippen LogP contribution in [-0.4, -0.2) is 30.3 Å². The highest BCUT2D eigenvalue weighted by atomic mass is 16.5. The summed E-state index contributed by atoms with van der Waals surface area (Å²) < 4.78 is 5.23. The highest BCUT2D eigenvalue weighted by Crippen LogP contribution is 2.45. The molecule has 3 aromatic rings. The van der Waals surface area contributed by atoms with Crippen LogP contribution in [0.15, 0.2) is 78.9 Å². The van der Waals surface area contributed by atoms with Crippen molar-refractivity contribution in [2.75, 3.05) is 16.8 Å². The number of imide groups is 1. The van der Waals surface area contributed by atoms with Gasteiger partial charge in [0.2, 0.25) is 11.8 Å². The minimum absolute atomic E-state index is 0.168. The van der Waals surface area contributed by atoms with E-state index in [0.29, 0.717) is 24.2 Å². The lowest BCUT2D eigenvalue weighted by atomic mass is 9.73. The fraction of sp³-hybridized carbons (Fsp3) is 0.290. The first-order valence-corrected chi connectivity index (χ1v) is 13.0. The zero-order valence-corrected chi connectivity index (χ0v) is 21.3. The van der Waals surface area contributed by atoms with Crippen LogP contribution < -0.4 is 10.2 Å². The third kappa shape index (κ3) is 5.09. The van der Waals surface area contributed by atoms with E-state index in [-0.39, 0.29) is 35.1 Å². The first-order chi connectivity index (χ1) is 18.5. The average molecular weight is 511 g/mol. The molecule has 3 aromatic carbocycles. The predicted octanol–water partition coefficient (Wildman–Crippen LogP) is 5.12. The number of rotatable bonds is 7. The molecule has 2 aliphatic rings. The number of fused-ring (bicyclic) bond motifs is 1. The number of esters is 1. The number of amides is 3. The van der Waals surface area contributed by atoms with Gasteiger partial charge in [-0.2, -0.15) is 0 Å². The van der Waals surface area contributed by atoms with Crippen LogP contribution in [0, 0.1) is 11.8 Å². The summed E-state index contributed by atoms with van der Waals surface area (Å²) in [7, 11) is 0. The van der Waals surface area contributed by atoms with Crippen molar-refractivity contribution in [3.63, 3.8) is 0 Å². The van der Waals surface area contributed by atoms with Crippen molar-refractivity contribution in [1.82, 2.24) is 0 Å². The molecule has 1 N–H and O–H groups in total. The molecule has 7 nitrogen and oxygen atoms in total. The van der Waals surface area contributed by atoms with Crippen LogP contribution in [0.2, 0.25) is 0 Å². The molecule has 1 saturated heterocycles. The van der Waals surface area contributed by atoms with Crippen molar-refractivity contribution in [2.45, 2.75) is 38.5 Å². The van der Waals surface area contributed by atoms with Gasteiger partial charge in [0.1, 0.15) is 0 Å². The largest absolute Gasteiger partial charge is 0.452 e. The maximum Gasteiger partial charge on any atom is 0.338 e. The van der Waals surface area contributed by atoms with Crippen LogP contribution in [-0.2, 0) is 25.5 Å². The number of nitrogens with one attached hydrogen (secondary N) is 1. The normalized spacial score (nSPS) is 20.7. The Hall–Kier alpha value is -4.26. The number of aryl methyl sites for hydroxylation is 1. The van der Waals surface area contributed by atoms with Crippen LogP contribution in [0.1, 0.15) is 53.6 Å². The zero-order valence-electron chi connectivity index (χ0n) is 21.3. The standard InChI is InChI=1S/C31H30N2O5/c1-2-20-9-6-7-14-27(20)32-28(34)19-38-31(37)23-12-8-13-24(17-23)33-29(35)25-16-15-22(18-26(25)30(33)36)21-10-4-3-5-11-21/h3-14,17,22,25-26H,2,15-16,18-19H2,1H3,(H,32,34)/t22-,25+,26-/m0/s1. The van der Waals surface area contributed by atoms with Gasteiger partial charge in [-0.1, -0.05) is 61.5 Å². The second-order valence-corrected chi connectivity index (χ2v) is 9.83. The number of hydrogen-bond acceptors (Lipinski definition) is 5. The molecule has 0 unspecified atom stereocenters. The van der Waals surface area contributed by atoms with Crippen LogP contribution in [0.3, 0.4) is 0 Å². The number of carbonyl (C=O) groups is 4. The van der Waals surface area contributed by atoms with E-state index in [4.69, 9.17) is 4.74 Å². The highest BCUT2D eigenvalue weighted by molar-refractivity contribution is 6.22. The molecule has 0 spiro atoms. The van der Waals surface area contributed by atoms with Crippen molar-refractivity contribution < 1.29 is 23.9 Å². The fourth-order valence-corrected chi connectivity index (χ4v) is 5.58. The fourth-order valence-electron chi connectivity index (χ4n) is 5.58. The molecule has 1 aliphatic heterocycles. The average Bonchev–Trinajstić information content (AvgIpc) is 3.21. The van der Waals surface area contributed by atoms with Crippen molar-refractivity contribution in [1.29, 1.82) is 0 Å². The summed E-state index contributed by atoms with van der Waals surface area (Å²) in [6, 6.07) is 23.8. The minimum Gasteiger partial charge on any atom is -0.452 e. The molecule has 1 heterocycles. The monoisotopic (exact) mass is 510 g/mol. The number of carbonyl (C=O) groups excluding carboxylic acids is 4. The molecule has 1 saturated carbocycles. The summed E-state index contributed by atoms with van der Waals surface area (Å²) in [6.07, 6.45) is 2.90. The van der Waals surface area contributed by atoms with Crippen molar-refractivity contribution in [3.05, 3.63) is 95.6 Å². The number of anilines is 2. The molecular formula is C31H30N2O5. The molecule has 0 bridgehead atoms. The minimum atomic E-state index is -0.702. The van der Waals surface area contributed by atoms with Crippen molar-refractivity contribution in [3.8, 4) is 0 Å². The van der Waals surface area contributed by atoms with E-state index in [2.05, 4.69) is 17.4 Å². The van der Waals surface area contributed by atoms with Crippen LogP contribution in [0.25, 0.3) is 0 Å². The number of para-hydroxylation sites is 1. The Labute approximate surface area is 221 Å². The number of hydrogen-bond donors (Lipinski definition) is 1. The Morgan fingerprint density at radius 2 is 1.63 bits per heavy atom. The van der Waals surface area contributed by atoms with Gasteiger partial charge in [0.25, 0.3) is 5.91 Å². The first-order valence-electron chi connectivity index (χ1n) is 13.0. The topological polar surface area (TPSA) is 92.8 Å². The van der Waals surface area contributed by atoms with Gasteiger partial charge in [-0.25, -0.2) is 4.79 Å². The molecule has 194 valence electrons. The van der Waals surface area contributed by atoms with Crippen LogP contribution in [0.5, 0.6) is 0 Å². The van der Waals surface area contributed by atoms with Crippen molar-refractivity contribution in [2.24, 2.45) is 11.8 Å². The summed E-state index contributed by atoms with van der Waals surface area (Å²) in [5.74, 6) is -2.06. The van der Waals surface area contributed by atoms with E-state index >= 15 is 0 Å². The van der Waals surface area contributed by atoms with Crippen LogP contribution in [0.4, 0.5) is 11.4 Å². The molecule has 2 fully saturated rings. The van der Waals surface area contributed by atoms with Crippen LogP contribution >= 0.6 is 0 Å². The Kier molecular flexibility index (Phi) is 7.36. The summed E-state index contributed by atoms with van der Waals surface area (Å²) in [4.78, 5) is 52.9. The molecule has 0 aromatic heterocycles. The Bertz CT molecular complexity index is 1370. The Morgan fingerprint density at radius 3 is 2.42 bits per heavy atom. The predicted molar refractivity (Wildman–Crippen MR) is 144 cm³/mol. The van der Waals surface area contributed by atoms with E-state index in [9.17, 15) is 19.2 Å². The van der Waals surface area contributed by atoms with Gasteiger partial charge in [-0.3, -0.25) is 19.3 Å². The van der Waals surface area contributed by atoms with Crippen molar-refractivity contribution >= 4 is 35.1 Å². The third-order valence-electron chi connectivity index (χ3n) is 7.54. The number of ether oxygens (including phenoxy) is 1. The molecular weight excluding hydrogens is 480 g/mol. The summed E-state index contributed by atoms with van der Waals surface area (Å²) >= 11 is 0. The van der Waals surface area contributed by atoms with Gasteiger partial charge < -0.3 is 10.1 Å². The highest BCUT2D eigenvalue weighted by Gasteiger charge is 2.50. The lowest BCUT2D eigenvalue weighted by Gasteiger charge is -2.28. The van der Waals surface area contributed by atoms with E-state index in [0.717, 1.165) is 18.4 Å². The van der Waals surface area contributed by atoms with Gasteiger partial charge in [0.05, 0.1) is 23.1 Å². The summed E-state index contributed by atoms with van der Waals surface area (Å²) in [5.41, 5.74) is 3.37. The molecule has 38 heavy (non-hydrogen) atoms. The van der Waals surface area contributed by atoms with Gasteiger partial charge in [0, 0.05) is 5.69 Å². The lowest BCUT2D eigenvalue weighted by molar-refractivity contribution is -0.122.